The zero-order valence-electron chi connectivity index (χ0n) is 9.36. The highest BCUT2D eigenvalue weighted by Crippen LogP contribution is 2.15. The number of aromatic nitrogens is 1. The maximum atomic E-state index is 3.42. The van der Waals surface area contributed by atoms with E-state index in [0.717, 1.165) is 12.3 Å². The molecule has 16 heavy (non-hydrogen) atoms. The van der Waals surface area contributed by atoms with E-state index >= 15 is 0 Å². The molecule has 0 aliphatic heterocycles. The van der Waals surface area contributed by atoms with Gasteiger partial charge in [-0.1, -0.05) is 12.1 Å². The number of thioether (sulfide) groups is 1. The lowest BCUT2D eigenvalue weighted by Gasteiger charge is -2.06. The Kier molecular flexibility index (Phi) is 3.94. The SMILES string of the molecule is CSCc1cccc(NCc2cc[nH]c2)c1. The van der Waals surface area contributed by atoms with Crippen molar-refractivity contribution in [2.75, 3.05) is 11.6 Å². The van der Waals surface area contributed by atoms with Gasteiger partial charge in [0.25, 0.3) is 0 Å². The van der Waals surface area contributed by atoms with Crippen molar-refractivity contribution in [2.45, 2.75) is 12.3 Å². The molecule has 0 saturated carbocycles. The molecule has 0 aliphatic rings. The molecule has 1 aromatic carbocycles. The van der Waals surface area contributed by atoms with Gasteiger partial charge in [-0.2, -0.15) is 11.8 Å². The molecule has 2 nitrogen and oxygen atoms in total. The maximum absolute atomic E-state index is 3.42. The minimum absolute atomic E-state index is 0.867. The molecule has 1 heterocycles. The van der Waals surface area contributed by atoms with Crippen LogP contribution in [0.1, 0.15) is 11.1 Å². The number of rotatable bonds is 5. The van der Waals surface area contributed by atoms with Crippen molar-refractivity contribution in [1.29, 1.82) is 0 Å². The van der Waals surface area contributed by atoms with Gasteiger partial charge in [0.1, 0.15) is 0 Å². The molecule has 0 fully saturated rings. The third kappa shape index (κ3) is 3.07. The first kappa shape index (κ1) is 11.1. The van der Waals surface area contributed by atoms with Crippen molar-refractivity contribution in [1.82, 2.24) is 4.98 Å². The molecule has 0 unspecified atom stereocenters. The first-order chi connectivity index (χ1) is 7.88. The van der Waals surface area contributed by atoms with Crippen LogP contribution in [-0.2, 0) is 12.3 Å². The van der Waals surface area contributed by atoms with E-state index in [1.54, 1.807) is 0 Å². The average Bonchev–Trinajstić information content (AvgIpc) is 2.80. The van der Waals surface area contributed by atoms with Gasteiger partial charge in [0, 0.05) is 30.4 Å². The predicted octanol–water partition coefficient (Wildman–Crippen LogP) is 3.49. The molecule has 0 spiro atoms. The van der Waals surface area contributed by atoms with Crippen molar-refractivity contribution >= 4 is 17.4 Å². The van der Waals surface area contributed by atoms with Crippen molar-refractivity contribution in [3.8, 4) is 0 Å². The van der Waals surface area contributed by atoms with Crippen LogP contribution in [0, 0.1) is 0 Å². The van der Waals surface area contributed by atoms with Gasteiger partial charge < -0.3 is 10.3 Å². The Labute approximate surface area is 100 Å². The summed E-state index contributed by atoms with van der Waals surface area (Å²) in [6, 6.07) is 10.7. The molecule has 0 saturated heterocycles. The fourth-order valence-corrected chi connectivity index (χ4v) is 2.12. The standard InChI is InChI=1S/C13H16N2S/c1-16-10-11-3-2-4-13(7-11)15-9-12-5-6-14-8-12/h2-8,14-15H,9-10H2,1H3. The van der Waals surface area contributed by atoms with Gasteiger partial charge in [-0.05, 0) is 35.6 Å². The summed E-state index contributed by atoms with van der Waals surface area (Å²) >= 11 is 1.85. The smallest absolute Gasteiger partial charge is 0.0415 e. The molecular formula is C13H16N2S. The molecule has 0 bridgehead atoms. The van der Waals surface area contributed by atoms with Crippen molar-refractivity contribution in [3.05, 3.63) is 53.9 Å². The van der Waals surface area contributed by atoms with Gasteiger partial charge >= 0.3 is 0 Å². The van der Waals surface area contributed by atoms with Crippen LogP contribution in [0.4, 0.5) is 5.69 Å². The van der Waals surface area contributed by atoms with Gasteiger partial charge in [-0.25, -0.2) is 0 Å². The van der Waals surface area contributed by atoms with E-state index in [0.29, 0.717) is 0 Å². The Bertz CT molecular complexity index is 423. The summed E-state index contributed by atoms with van der Waals surface area (Å²) in [7, 11) is 0. The number of nitrogens with one attached hydrogen (secondary N) is 2. The molecule has 2 aromatic rings. The summed E-state index contributed by atoms with van der Waals surface area (Å²) in [4.78, 5) is 3.05. The fourth-order valence-electron chi connectivity index (χ4n) is 1.61. The Balaban J connectivity index is 1.96. The van der Waals surface area contributed by atoms with Crippen LogP contribution in [-0.4, -0.2) is 11.2 Å². The second-order valence-corrected chi connectivity index (χ2v) is 4.57. The molecule has 0 radical (unpaired) electrons. The number of benzene rings is 1. The third-order valence-corrected chi connectivity index (χ3v) is 3.02. The number of H-pyrrole nitrogens is 1. The van der Waals surface area contributed by atoms with Crippen molar-refractivity contribution in [2.24, 2.45) is 0 Å². The summed E-state index contributed by atoms with van der Waals surface area (Å²) in [5.41, 5.74) is 3.83. The Hall–Kier alpha value is -1.35. The zero-order chi connectivity index (χ0) is 11.2. The first-order valence-corrected chi connectivity index (χ1v) is 6.71. The minimum atomic E-state index is 0.867. The fraction of sp³-hybridized carbons (Fsp3) is 0.231. The molecule has 0 atom stereocenters. The first-order valence-electron chi connectivity index (χ1n) is 5.32. The highest BCUT2D eigenvalue weighted by atomic mass is 32.2. The quantitative estimate of drug-likeness (QED) is 0.826. The summed E-state index contributed by atoms with van der Waals surface area (Å²) in [5, 5.41) is 3.42. The van der Waals surface area contributed by atoms with Crippen LogP contribution in [0.2, 0.25) is 0 Å². The van der Waals surface area contributed by atoms with Gasteiger partial charge in [-0.3, -0.25) is 0 Å². The number of hydrogen-bond acceptors (Lipinski definition) is 2. The molecule has 0 aliphatic carbocycles. The van der Waals surface area contributed by atoms with E-state index in [9.17, 15) is 0 Å². The third-order valence-electron chi connectivity index (χ3n) is 2.40. The molecule has 1 aromatic heterocycles. The van der Waals surface area contributed by atoms with Crippen LogP contribution < -0.4 is 5.32 Å². The number of anilines is 1. The van der Waals surface area contributed by atoms with E-state index in [1.807, 2.05) is 24.2 Å². The molecule has 0 amide bonds. The van der Waals surface area contributed by atoms with E-state index in [1.165, 1.54) is 16.8 Å². The normalized spacial score (nSPS) is 10.3. The van der Waals surface area contributed by atoms with Crippen LogP contribution >= 0.6 is 11.8 Å². The Morgan fingerprint density at radius 1 is 1.25 bits per heavy atom. The number of aromatic amines is 1. The van der Waals surface area contributed by atoms with Crippen LogP contribution in [0.5, 0.6) is 0 Å². The highest BCUT2D eigenvalue weighted by molar-refractivity contribution is 7.97. The van der Waals surface area contributed by atoms with Crippen LogP contribution in [0.15, 0.2) is 42.7 Å². The lowest BCUT2D eigenvalue weighted by Crippen LogP contribution is -1.98. The Morgan fingerprint density at radius 3 is 2.94 bits per heavy atom. The maximum Gasteiger partial charge on any atom is 0.0415 e. The summed E-state index contributed by atoms with van der Waals surface area (Å²) in [5.74, 6) is 1.07. The summed E-state index contributed by atoms with van der Waals surface area (Å²) in [6.45, 7) is 0.867. The molecule has 2 N–H and O–H groups in total. The van der Waals surface area contributed by atoms with E-state index in [2.05, 4.69) is 46.9 Å². The predicted molar refractivity (Wildman–Crippen MR) is 71.8 cm³/mol. The topological polar surface area (TPSA) is 27.8 Å². The monoisotopic (exact) mass is 232 g/mol. The van der Waals surface area contributed by atoms with Crippen molar-refractivity contribution in [3.63, 3.8) is 0 Å². The second-order valence-electron chi connectivity index (χ2n) is 3.71. The summed E-state index contributed by atoms with van der Waals surface area (Å²) < 4.78 is 0. The molecular weight excluding hydrogens is 216 g/mol. The Morgan fingerprint density at radius 2 is 2.19 bits per heavy atom. The van der Waals surface area contributed by atoms with Gasteiger partial charge in [0.05, 0.1) is 0 Å². The zero-order valence-corrected chi connectivity index (χ0v) is 10.2. The second kappa shape index (κ2) is 5.66. The van der Waals surface area contributed by atoms with Gasteiger partial charge in [0.2, 0.25) is 0 Å². The van der Waals surface area contributed by atoms with E-state index < -0.39 is 0 Å². The lowest BCUT2D eigenvalue weighted by molar-refractivity contribution is 1.15. The lowest BCUT2D eigenvalue weighted by atomic mass is 10.2. The molecule has 3 heteroatoms. The molecule has 84 valence electrons. The van der Waals surface area contributed by atoms with E-state index in [-0.39, 0.29) is 0 Å². The summed E-state index contributed by atoms with van der Waals surface area (Å²) in [6.07, 6.45) is 6.08. The molecule has 2 rings (SSSR count). The number of hydrogen-bond donors (Lipinski definition) is 2. The van der Waals surface area contributed by atoms with Crippen LogP contribution in [0.3, 0.4) is 0 Å². The van der Waals surface area contributed by atoms with Crippen LogP contribution in [0.25, 0.3) is 0 Å². The van der Waals surface area contributed by atoms with Gasteiger partial charge in [-0.15, -0.1) is 0 Å². The van der Waals surface area contributed by atoms with Crippen molar-refractivity contribution < 1.29 is 0 Å². The van der Waals surface area contributed by atoms with E-state index in [4.69, 9.17) is 0 Å². The highest BCUT2D eigenvalue weighted by Gasteiger charge is 1.96. The largest absolute Gasteiger partial charge is 0.381 e. The van der Waals surface area contributed by atoms with Gasteiger partial charge in [0.15, 0.2) is 0 Å². The average molecular weight is 232 g/mol. The minimum Gasteiger partial charge on any atom is -0.381 e.